The summed E-state index contributed by atoms with van der Waals surface area (Å²) in [4.78, 5) is 48.3. The number of carbonyl (C=O) groups excluding carboxylic acids is 3. The summed E-state index contributed by atoms with van der Waals surface area (Å²) < 4.78 is 47.0. The van der Waals surface area contributed by atoms with Crippen molar-refractivity contribution in [3.63, 3.8) is 0 Å². The number of thiazole rings is 1. The number of rotatable bonds is 12. The number of para-hydroxylation sites is 1. The van der Waals surface area contributed by atoms with Crippen LogP contribution in [-0.2, 0) is 27.0 Å². The number of amides is 3. The van der Waals surface area contributed by atoms with Crippen molar-refractivity contribution >= 4 is 34.9 Å². The average Bonchev–Trinajstić information content (AvgIpc) is 3.76. The zero-order chi connectivity index (χ0) is 37.3. The van der Waals surface area contributed by atoms with Crippen LogP contribution < -0.4 is 15.5 Å². The molecule has 2 aromatic heterocycles. The molecule has 0 saturated carbocycles. The van der Waals surface area contributed by atoms with E-state index in [-0.39, 0.29) is 37.0 Å². The maximum absolute atomic E-state index is 14.3. The van der Waals surface area contributed by atoms with Gasteiger partial charge in [-0.05, 0) is 43.1 Å². The third-order valence-electron chi connectivity index (χ3n) is 9.49. The predicted octanol–water partition coefficient (Wildman–Crippen LogP) is 5.17. The first-order valence-electron chi connectivity index (χ1n) is 16.9. The van der Waals surface area contributed by atoms with Crippen molar-refractivity contribution in [1.29, 1.82) is 0 Å². The van der Waals surface area contributed by atoms with Crippen LogP contribution in [0.5, 0.6) is 0 Å². The molecule has 2 aliphatic heterocycles. The minimum Gasteiger partial charge on any atom is -0.378 e. The number of likely N-dealkylation sites (N-methyl/N-ethyl adjacent to an activating group) is 2. The number of aromatic nitrogens is 3. The first-order chi connectivity index (χ1) is 24.8. The SMILES string of the molecule is C=C(C(=O)NCc1cccc([C@@H]2c3cnn(-c4ccccc4)c3N(CC)C(=O)[C@H]2NC(=O)c2csc(C(F)(F)F)n2)c1)C(C(C)C)N(C)C1COC1. The fourth-order valence-electron chi connectivity index (χ4n) is 6.87. The lowest BCUT2D eigenvalue weighted by atomic mass is 9.82. The molecule has 2 aromatic carbocycles. The molecule has 0 radical (unpaired) electrons. The second kappa shape index (κ2) is 15.0. The minimum atomic E-state index is -4.72. The standard InChI is InChI=1S/C37H40F3N7O4S/c1-6-46-34-27(17-42-47(34)25-13-8-7-9-14-25)29(30(35(46)50)44-33(49)28-20-52-36(43-28)37(38,39)40)24-12-10-11-23(15-24)16-41-32(48)22(4)31(21(2)3)45(5)26-18-51-19-26/h7-15,17,20-21,26,29-31H,4,6,16,18-19H2,1-3,5H3,(H,41,48)(H,44,49)/t29-,30+,31?/m1/s1. The van der Waals surface area contributed by atoms with Crippen molar-refractivity contribution in [3.05, 3.63) is 106 Å². The van der Waals surface area contributed by atoms with Crippen LogP contribution in [0.3, 0.4) is 0 Å². The maximum Gasteiger partial charge on any atom is 0.443 e. The van der Waals surface area contributed by atoms with Gasteiger partial charge in [0.25, 0.3) is 11.8 Å². The summed E-state index contributed by atoms with van der Waals surface area (Å²) in [5, 5.41) is 10.2. The molecular formula is C37H40F3N7O4S. The molecule has 2 aliphatic rings. The van der Waals surface area contributed by atoms with E-state index in [1.165, 1.54) is 4.90 Å². The maximum atomic E-state index is 14.3. The molecule has 2 N–H and O–H groups in total. The largest absolute Gasteiger partial charge is 0.443 e. The molecule has 0 bridgehead atoms. The Morgan fingerprint density at radius 1 is 1.13 bits per heavy atom. The van der Waals surface area contributed by atoms with Gasteiger partial charge in [0.15, 0.2) is 5.01 Å². The summed E-state index contributed by atoms with van der Waals surface area (Å²) in [6.45, 7) is 11.6. The molecule has 3 atom stereocenters. The van der Waals surface area contributed by atoms with Crippen LogP contribution in [0, 0.1) is 5.92 Å². The third kappa shape index (κ3) is 7.25. The lowest BCUT2D eigenvalue weighted by Crippen LogP contribution is -2.55. The van der Waals surface area contributed by atoms with Crippen molar-refractivity contribution in [3.8, 4) is 5.69 Å². The number of hydrogen-bond donors (Lipinski definition) is 2. The summed E-state index contributed by atoms with van der Waals surface area (Å²) in [6, 6.07) is 15.4. The van der Waals surface area contributed by atoms with Gasteiger partial charge in [0.05, 0.1) is 31.1 Å². The highest BCUT2D eigenvalue weighted by molar-refractivity contribution is 7.10. The van der Waals surface area contributed by atoms with E-state index in [2.05, 4.69) is 32.2 Å². The smallest absolute Gasteiger partial charge is 0.378 e. The van der Waals surface area contributed by atoms with E-state index in [9.17, 15) is 27.6 Å². The molecule has 1 fully saturated rings. The van der Waals surface area contributed by atoms with Gasteiger partial charge in [-0.2, -0.15) is 18.3 Å². The number of hydrogen-bond acceptors (Lipinski definition) is 8. The van der Waals surface area contributed by atoms with E-state index in [4.69, 9.17) is 4.74 Å². The van der Waals surface area contributed by atoms with Crippen LogP contribution in [0.2, 0.25) is 0 Å². The molecular weight excluding hydrogens is 696 g/mol. The number of ether oxygens (including phenoxy) is 1. The van der Waals surface area contributed by atoms with E-state index >= 15 is 0 Å². The van der Waals surface area contributed by atoms with Crippen molar-refractivity contribution in [2.45, 2.75) is 57.5 Å². The Labute approximate surface area is 303 Å². The van der Waals surface area contributed by atoms with E-state index in [1.807, 2.05) is 69.4 Å². The molecule has 0 aliphatic carbocycles. The zero-order valence-electron chi connectivity index (χ0n) is 29.2. The summed E-state index contributed by atoms with van der Waals surface area (Å²) >= 11 is 0.306. The number of halogens is 3. The van der Waals surface area contributed by atoms with Crippen molar-refractivity contribution in [2.75, 3.05) is 31.7 Å². The van der Waals surface area contributed by atoms with Crippen molar-refractivity contribution < 1.29 is 32.3 Å². The Kier molecular flexibility index (Phi) is 10.7. The quantitative estimate of drug-likeness (QED) is 0.193. The average molecular weight is 736 g/mol. The normalized spacial score (nSPS) is 18.2. The van der Waals surface area contributed by atoms with Gasteiger partial charge in [0.1, 0.15) is 17.6 Å². The van der Waals surface area contributed by atoms with E-state index in [0.717, 1.165) is 10.9 Å². The van der Waals surface area contributed by atoms with Gasteiger partial charge in [-0.15, -0.1) is 11.3 Å². The topological polar surface area (TPSA) is 122 Å². The summed E-state index contributed by atoms with van der Waals surface area (Å²) in [5.41, 5.74) is 2.70. The van der Waals surface area contributed by atoms with Crippen LogP contribution in [0.15, 0.2) is 78.3 Å². The number of nitrogens with one attached hydrogen (secondary N) is 2. The van der Waals surface area contributed by atoms with Crippen LogP contribution in [-0.4, -0.2) is 82.3 Å². The number of alkyl halides is 3. The minimum absolute atomic E-state index is 0.126. The van der Waals surface area contributed by atoms with Gasteiger partial charge in [-0.3, -0.25) is 24.2 Å². The van der Waals surface area contributed by atoms with Gasteiger partial charge < -0.3 is 15.4 Å². The summed E-state index contributed by atoms with van der Waals surface area (Å²) in [7, 11) is 1.97. The Morgan fingerprint density at radius 3 is 2.48 bits per heavy atom. The fourth-order valence-corrected chi connectivity index (χ4v) is 7.54. The number of fused-ring (bicyclic) bond motifs is 1. The molecule has 3 amide bonds. The predicted molar refractivity (Wildman–Crippen MR) is 190 cm³/mol. The number of anilines is 1. The zero-order valence-corrected chi connectivity index (χ0v) is 30.0. The van der Waals surface area contributed by atoms with Crippen LogP contribution >= 0.6 is 11.3 Å². The van der Waals surface area contributed by atoms with Crippen molar-refractivity contribution in [1.82, 2.24) is 30.3 Å². The first-order valence-corrected chi connectivity index (χ1v) is 17.8. The van der Waals surface area contributed by atoms with Gasteiger partial charge >= 0.3 is 6.18 Å². The highest BCUT2D eigenvalue weighted by atomic mass is 32.1. The second-order valence-corrected chi connectivity index (χ2v) is 14.1. The first kappa shape index (κ1) is 36.9. The van der Waals surface area contributed by atoms with Crippen LogP contribution in [0.1, 0.15) is 58.9 Å². The number of nitrogens with zero attached hydrogens (tertiary/aromatic N) is 5. The Bertz CT molecular complexity index is 1960. The van der Waals surface area contributed by atoms with Gasteiger partial charge in [-0.25, -0.2) is 9.67 Å². The van der Waals surface area contributed by atoms with E-state index in [0.29, 0.717) is 52.8 Å². The van der Waals surface area contributed by atoms with Crippen molar-refractivity contribution in [2.24, 2.45) is 5.92 Å². The van der Waals surface area contributed by atoms with E-state index in [1.54, 1.807) is 23.9 Å². The molecule has 274 valence electrons. The summed E-state index contributed by atoms with van der Waals surface area (Å²) in [5.74, 6) is -1.82. The lowest BCUT2D eigenvalue weighted by molar-refractivity contribution is -0.137. The molecule has 0 spiro atoms. The molecule has 11 nitrogen and oxygen atoms in total. The monoisotopic (exact) mass is 735 g/mol. The highest BCUT2D eigenvalue weighted by Gasteiger charge is 2.45. The molecule has 1 unspecified atom stereocenters. The number of carbonyl (C=O) groups is 3. The molecule has 4 heterocycles. The highest BCUT2D eigenvalue weighted by Crippen LogP contribution is 2.42. The molecule has 1 saturated heterocycles. The Morgan fingerprint density at radius 2 is 1.87 bits per heavy atom. The van der Waals surface area contributed by atoms with E-state index < -0.39 is 40.7 Å². The summed E-state index contributed by atoms with van der Waals surface area (Å²) in [6.07, 6.45) is -3.08. The second-order valence-electron chi connectivity index (χ2n) is 13.2. The molecule has 52 heavy (non-hydrogen) atoms. The van der Waals surface area contributed by atoms with Gasteiger partial charge in [0, 0.05) is 41.6 Å². The molecule has 6 rings (SSSR count). The van der Waals surface area contributed by atoms with Crippen LogP contribution in [0.4, 0.5) is 19.0 Å². The van der Waals surface area contributed by atoms with Gasteiger partial charge in [-0.1, -0.05) is 62.9 Å². The van der Waals surface area contributed by atoms with Crippen LogP contribution in [0.25, 0.3) is 5.69 Å². The fraction of sp³-hybridized carbons (Fsp3) is 0.378. The lowest BCUT2D eigenvalue weighted by Gasteiger charge is -2.41. The molecule has 4 aromatic rings. The Hall–Kier alpha value is -4.86. The van der Waals surface area contributed by atoms with Gasteiger partial charge in [0.2, 0.25) is 5.91 Å². The molecule has 15 heteroatoms. The number of benzene rings is 2. The third-order valence-corrected chi connectivity index (χ3v) is 10.4. The Balaban J connectivity index is 1.32.